The number of para-hydroxylation sites is 2. The molecule has 250 valence electrons. The van der Waals surface area contributed by atoms with E-state index in [2.05, 4.69) is 162 Å². The molecule has 1 N–H and O–H groups in total. The van der Waals surface area contributed by atoms with Gasteiger partial charge in [-0.05, 0) is 77.2 Å². The van der Waals surface area contributed by atoms with Crippen molar-refractivity contribution in [2.45, 2.75) is 19.0 Å². The summed E-state index contributed by atoms with van der Waals surface area (Å²) < 4.78 is 10.6. The first-order valence-corrected chi connectivity index (χ1v) is 19.1. The van der Waals surface area contributed by atoms with Crippen LogP contribution in [0.15, 0.2) is 155 Å². The average molecular weight is 698 g/mol. The van der Waals surface area contributed by atoms with Crippen LogP contribution in [-0.2, 0) is 6.42 Å². The molecule has 53 heavy (non-hydrogen) atoms. The molecule has 7 aromatic carbocycles. The molecule has 1 unspecified atom stereocenters. The van der Waals surface area contributed by atoms with Gasteiger partial charge in [-0.3, -0.25) is 4.99 Å². The van der Waals surface area contributed by atoms with Gasteiger partial charge in [-0.1, -0.05) is 109 Å². The standard InChI is InChI=1S/C48H31N3OS/c1-2-12-29-25-32(24-23-28(29)11-1)44-47-45(34-16-6-8-22-42(34)53-47)50-48(49-44)36-18-10-21-41-43(36)35-17-9-20-39(46(35)52-41)51-38-19-7-5-15-33(38)37-26-30-13-3-4-14-31(30)27-40(37)51/h1-3,5-13,15-27,48,50H,4,14H2. The Morgan fingerprint density at radius 3 is 2.49 bits per heavy atom. The van der Waals surface area contributed by atoms with Gasteiger partial charge >= 0.3 is 0 Å². The zero-order chi connectivity index (χ0) is 34.6. The Hall–Kier alpha value is -6.43. The van der Waals surface area contributed by atoms with E-state index < -0.39 is 0 Å². The van der Waals surface area contributed by atoms with Gasteiger partial charge in [0.05, 0.1) is 33.0 Å². The van der Waals surface area contributed by atoms with E-state index >= 15 is 0 Å². The molecule has 1 aliphatic carbocycles. The zero-order valence-corrected chi connectivity index (χ0v) is 29.5. The third-order valence-electron chi connectivity index (χ3n) is 11.3. The van der Waals surface area contributed by atoms with Crippen LogP contribution in [0.4, 0.5) is 5.69 Å². The Labute approximate surface area is 308 Å². The van der Waals surface area contributed by atoms with Crippen molar-refractivity contribution in [3.8, 4) is 5.69 Å². The van der Waals surface area contributed by atoms with Crippen LogP contribution >= 0.6 is 11.3 Å². The molecule has 0 radical (unpaired) electrons. The first-order chi connectivity index (χ1) is 26.3. The summed E-state index contributed by atoms with van der Waals surface area (Å²) in [6.45, 7) is 0. The molecular weight excluding hydrogens is 667 g/mol. The fraction of sp³-hybridized carbons (Fsp3) is 0.0625. The molecule has 4 nitrogen and oxygen atoms in total. The zero-order valence-electron chi connectivity index (χ0n) is 28.6. The lowest BCUT2D eigenvalue weighted by molar-refractivity contribution is 0.665. The van der Waals surface area contributed by atoms with E-state index in [1.54, 1.807) is 11.3 Å². The van der Waals surface area contributed by atoms with Crippen LogP contribution in [0, 0.1) is 0 Å². The Bertz CT molecular complexity index is 3230. The number of nitrogens with one attached hydrogen (secondary N) is 1. The Morgan fingerprint density at radius 1 is 0.698 bits per heavy atom. The average Bonchev–Trinajstić information content (AvgIpc) is 3.89. The van der Waals surface area contributed by atoms with Gasteiger partial charge in [0, 0.05) is 42.8 Å². The van der Waals surface area contributed by atoms with Crippen molar-refractivity contribution < 1.29 is 4.42 Å². The summed E-state index contributed by atoms with van der Waals surface area (Å²) in [5, 5.41) is 12.3. The lowest BCUT2D eigenvalue weighted by atomic mass is 9.95. The maximum Gasteiger partial charge on any atom is 0.159 e. The van der Waals surface area contributed by atoms with Crippen LogP contribution in [0.1, 0.15) is 39.7 Å². The van der Waals surface area contributed by atoms with Gasteiger partial charge < -0.3 is 14.3 Å². The van der Waals surface area contributed by atoms with E-state index in [1.165, 1.54) is 58.7 Å². The van der Waals surface area contributed by atoms with E-state index in [4.69, 9.17) is 9.41 Å². The summed E-state index contributed by atoms with van der Waals surface area (Å²) in [5.41, 5.74) is 12.3. The first-order valence-electron chi connectivity index (χ1n) is 18.3. The predicted molar refractivity (Wildman–Crippen MR) is 223 cm³/mol. The molecule has 3 aromatic heterocycles. The van der Waals surface area contributed by atoms with Gasteiger partial charge in [0.2, 0.25) is 0 Å². The van der Waals surface area contributed by atoms with Gasteiger partial charge in [-0.15, -0.1) is 11.3 Å². The highest BCUT2D eigenvalue weighted by Crippen LogP contribution is 2.46. The summed E-state index contributed by atoms with van der Waals surface area (Å²) in [5.74, 6) is 0. The number of anilines is 1. The molecule has 1 atom stereocenters. The summed E-state index contributed by atoms with van der Waals surface area (Å²) in [6.07, 6.45) is 6.38. The summed E-state index contributed by atoms with van der Waals surface area (Å²) in [6, 6.07) is 50.5. The number of aliphatic imine (C=N–C) groups is 1. The Kier molecular flexibility index (Phi) is 6.08. The lowest BCUT2D eigenvalue weighted by Gasteiger charge is -2.25. The second-order valence-electron chi connectivity index (χ2n) is 14.2. The van der Waals surface area contributed by atoms with Crippen LogP contribution in [-0.4, -0.2) is 10.3 Å². The van der Waals surface area contributed by atoms with Crippen molar-refractivity contribution in [3.05, 3.63) is 173 Å². The second kappa shape index (κ2) is 11.0. The van der Waals surface area contributed by atoms with Crippen molar-refractivity contribution in [1.82, 2.24) is 4.57 Å². The minimum absolute atomic E-state index is 0.317. The highest BCUT2D eigenvalue weighted by atomic mass is 32.1. The molecule has 12 rings (SSSR count). The van der Waals surface area contributed by atoms with Crippen molar-refractivity contribution in [2.24, 2.45) is 4.99 Å². The quantitative estimate of drug-likeness (QED) is 0.200. The SMILES string of the molecule is C1=Cc2cc3c4ccccc4n(-c4cccc5c4oc4cccc(C6N=C(c7ccc8ccccc8c7)c7sc8ccccc8c7N6)c45)c3cc2CC1. The van der Waals surface area contributed by atoms with E-state index in [0.29, 0.717) is 0 Å². The fourth-order valence-electron chi connectivity index (χ4n) is 8.82. The molecular formula is C48H31N3OS. The number of furan rings is 1. The second-order valence-corrected chi connectivity index (χ2v) is 15.3. The van der Waals surface area contributed by atoms with Crippen molar-refractivity contribution in [2.75, 3.05) is 5.32 Å². The molecule has 0 fully saturated rings. The molecule has 0 bridgehead atoms. The lowest BCUT2D eigenvalue weighted by Crippen LogP contribution is -2.19. The van der Waals surface area contributed by atoms with E-state index in [9.17, 15) is 0 Å². The minimum Gasteiger partial charge on any atom is -0.454 e. The van der Waals surface area contributed by atoms with E-state index in [-0.39, 0.29) is 6.17 Å². The largest absolute Gasteiger partial charge is 0.454 e. The monoisotopic (exact) mass is 697 g/mol. The molecule has 0 saturated heterocycles. The molecule has 0 amide bonds. The van der Waals surface area contributed by atoms with Gasteiger partial charge in [-0.25, -0.2) is 0 Å². The molecule has 4 heterocycles. The Morgan fingerprint density at radius 2 is 1.53 bits per heavy atom. The number of rotatable bonds is 3. The highest BCUT2D eigenvalue weighted by Gasteiger charge is 2.29. The van der Waals surface area contributed by atoms with E-state index in [0.717, 1.165) is 63.0 Å². The van der Waals surface area contributed by atoms with Crippen LogP contribution in [0.5, 0.6) is 0 Å². The van der Waals surface area contributed by atoms with E-state index in [1.807, 2.05) is 0 Å². The predicted octanol–water partition coefficient (Wildman–Crippen LogP) is 13.0. The Balaban J connectivity index is 1.09. The number of aryl methyl sites for hydroxylation is 1. The van der Waals surface area contributed by atoms with Crippen molar-refractivity contribution in [3.63, 3.8) is 0 Å². The summed E-state index contributed by atoms with van der Waals surface area (Å²) in [4.78, 5) is 6.74. The van der Waals surface area contributed by atoms with Gasteiger partial charge in [0.25, 0.3) is 0 Å². The molecule has 0 saturated carbocycles. The number of nitrogens with zero attached hydrogens (tertiary/aromatic N) is 2. The van der Waals surface area contributed by atoms with Crippen molar-refractivity contribution >= 4 is 93.4 Å². The number of aromatic nitrogens is 1. The van der Waals surface area contributed by atoms with Crippen LogP contribution < -0.4 is 5.32 Å². The summed E-state index contributed by atoms with van der Waals surface area (Å²) >= 11 is 1.81. The van der Waals surface area contributed by atoms with Crippen LogP contribution in [0.25, 0.3) is 76.4 Å². The van der Waals surface area contributed by atoms with Gasteiger partial charge in [0.15, 0.2) is 5.58 Å². The third kappa shape index (κ3) is 4.26. The van der Waals surface area contributed by atoms with Gasteiger partial charge in [0.1, 0.15) is 11.7 Å². The maximum atomic E-state index is 6.93. The molecule has 2 aliphatic rings. The number of allylic oxidation sites excluding steroid dienone is 1. The maximum absolute atomic E-state index is 6.93. The first kappa shape index (κ1) is 29.2. The molecule has 10 aromatic rings. The topological polar surface area (TPSA) is 42.5 Å². The van der Waals surface area contributed by atoms with Crippen LogP contribution in [0.3, 0.4) is 0 Å². The van der Waals surface area contributed by atoms with Crippen molar-refractivity contribution in [1.29, 1.82) is 0 Å². The molecule has 0 spiro atoms. The number of thiophene rings is 1. The van der Waals surface area contributed by atoms with Crippen LogP contribution in [0.2, 0.25) is 0 Å². The molecule has 1 aliphatic heterocycles. The molecule has 5 heteroatoms. The minimum atomic E-state index is -0.317. The number of fused-ring (bicyclic) bond motifs is 11. The highest BCUT2D eigenvalue weighted by molar-refractivity contribution is 7.22. The third-order valence-corrected chi connectivity index (χ3v) is 12.4. The number of hydrogen-bond acceptors (Lipinski definition) is 4. The normalized spacial score (nSPS) is 15.4. The fourth-order valence-corrected chi connectivity index (χ4v) is 10.0. The number of hydrogen-bond donors (Lipinski definition) is 1. The van der Waals surface area contributed by atoms with Gasteiger partial charge in [-0.2, -0.15) is 0 Å². The number of benzene rings is 7. The summed E-state index contributed by atoms with van der Waals surface area (Å²) in [7, 11) is 0. The smallest absolute Gasteiger partial charge is 0.159 e.